The minimum absolute atomic E-state index is 0.204. The molecular weight excluding hydrogens is 230 g/mol. The monoisotopic (exact) mass is 259 g/mol. The maximum absolute atomic E-state index is 10.9. The Balaban J connectivity index is 0. The lowest BCUT2D eigenvalue weighted by molar-refractivity contribution is 0.0936. The largest absolute Gasteiger partial charge is 0.442 e. The Morgan fingerprint density at radius 3 is 2.39 bits per heavy atom. The van der Waals surface area contributed by atoms with E-state index < -0.39 is 6.09 Å². The van der Waals surface area contributed by atoms with Crippen molar-refractivity contribution in [1.82, 2.24) is 5.32 Å². The van der Waals surface area contributed by atoms with Crippen molar-refractivity contribution in [3.05, 3.63) is 12.2 Å². The molecule has 0 saturated heterocycles. The van der Waals surface area contributed by atoms with Crippen molar-refractivity contribution in [2.75, 3.05) is 7.05 Å². The summed E-state index contributed by atoms with van der Waals surface area (Å²) in [6.45, 7) is 8.00. The van der Waals surface area contributed by atoms with Gasteiger partial charge in [0.1, 0.15) is 6.10 Å². The number of ether oxygens (including phenoxy) is 1. The van der Waals surface area contributed by atoms with Gasteiger partial charge in [0, 0.05) is 7.05 Å². The van der Waals surface area contributed by atoms with Crippen LogP contribution in [0.15, 0.2) is 12.2 Å². The molecule has 2 N–H and O–H groups in total. The minimum Gasteiger partial charge on any atom is -0.442 e. The highest BCUT2D eigenvalue weighted by molar-refractivity contribution is 5.67. The molecule has 0 radical (unpaired) electrons. The zero-order valence-electron chi connectivity index (χ0n) is 12.4. The summed E-state index contributed by atoms with van der Waals surface area (Å²) >= 11 is 0. The van der Waals surface area contributed by atoms with Crippen LogP contribution in [0.5, 0.6) is 0 Å². The first-order valence-corrected chi connectivity index (χ1v) is 6.95. The zero-order chi connectivity index (χ0) is 14.4. The average molecular weight is 259 g/mol. The average Bonchev–Trinajstić information content (AvgIpc) is 2.42. The fraction of sp³-hybridized carbons (Fsp3) is 0.786. The van der Waals surface area contributed by atoms with Crippen LogP contribution in [-0.2, 0) is 4.74 Å². The van der Waals surface area contributed by atoms with Gasteiger partial charge >= 0.3 is 6.09 Å². The van der Waals surface area contributed by atoms with Crippen molar-refractivity contribution in [2.45, 2.75) is 65.6 Å². The highest BCUT2D eigenvalue weighted by atomic mass is 16.6. The van der Waals surface area contributed by atoms with Crippen LogP contribution < -0.4 is 5.32 Å². The van der Waals surface area contributed by atoms with E-state index in [0.29, 0.717) is 12.8 Å². The third-order valence-electron chi connectivity index (χ3n) is 2.26. The molecule has 2 unspecified atom stereocenters. The van der Waals surface area contributed by atoms with E-state index in [-0.39, 0.29) is 12.2 Å². The van der Waals surface area contributed by atoms with Gasteiger partial charge in [0.2, 0.25) is 0 Å². The number of alkyl carbamates (subject to hydrolysis) is 1. The highest BCUT2D eigenvalue weighted by Gasteiger charge is 2.14. The lowest BCUT2D eigenvalue weighted by Gasteiger charge is -2.18. The summed E-state index contributed by atoms with van der Waals surface area (Å²) in [7, 11) is 1.53. The van der Waals surface area contributed by atoms with Crippen LogP contribution in [0.4, 0.5) is 4.79 Å². The van der Waals surface area contributed by atoms with Gasteiger partial charge in [-0.3, -0.25) is 0 Å². The molecule has 0 aromatic rings. The number of aliphatic hydroxyl groups is 1. The van der Waals surface area contributed by atoms with Gasteiger partial charge in [0.25, 0.3) is 0 Å². The summed E-state index contributed by atoms with van der Waals surface area (Å²) in [5, 5.41) is 11.8. The summed E-state index contributed by atoms with van der Waals surface area (Å²) in [6, 6.07) is 0. The van der Waals surface area contributed by atoms with Gasteiger partial charge in [-0.05, 0) is 31.8 Å². The number of rotatable bonds is 1. The van der Waals surface area contributed by atoms with Crippen LogP contribution >= 0.6 is 0 Å². The molecule has 2 atom stereocenters. The van der Waals surface area contributed by atoms with E-state index in [0.717, 1.165) is 12.8 Å². The Bertz CT molecular complexity index is 217. The Labute approximate surface area is 111 Å². The molecule has 0 aromatic carbocycles. The van der Waals surface area contributed by atoms with Crippen molar-refractivity contribution in [3.63, 3.8) is 0 Å². The van der Waals surface area contributed by atoms with Gasteiger partial charge < -0.3 is 15.2 Å². The summed E-state index contributed by atoms with van der Waals surface area (Å²) < 4.78 is 5.08. The number of nitrogens with one attached hydrogen (secondary N) is 1. The lowest BCUT2D eigenvalue weighted by Crippen LogP contribution is -2.26. The second-order valence-electron chi connectivity index (χ2n) is 3.43. The van der Waals surface area contributed by atoms with Crippen LogP contribution in [-0.4, -0.2) is 30.5 Å². The summed E-state index contributed by atoms with van der Waals surface area (Å²) in [6.07, 6.45) is 5.96. The smallest absolute Gasteiger partial charge is 0.407 e. The topological polar surface area (TPSA) is 58.6 Å². The molecule has 1 aliphatic carbocycles. The van der Waals surface area contributed by atoms with Crippen molar-refractivity contribution < 1.29 is 14.6 Å². The van der Waals surface area contributed by atoms with E-state index in [1.807, 2.05) is 39.8 Å². The van der Waals surface area contributed by atoms with Gasteiger partial charge in [-0.1, -0.05) is 33.8 Å². The van der Waals surface area contributed by atoms with E-state index in [1.54, 1.807) is 0 Å². The van der Waals surface area contributed by atoms with Crippen molar-refractivity contribution >= 4 is 6.09 Å². The molecule has 0 aliphatic heterocycles. The van der Waals surface area contributed by atoms with Crippen molar-refractivity contribution in [3.8, 4) is 0 Å². The van der Waals surface area contributed by atoms with Crippen LogP contribution in [0.2, 0.25) is 0 Å². The third-order valence-corrected chi connectivity index (χ3v) is 2.26. The maximum atomic E-state index is 10.9. The number of carbonyl (C=O) groups is 1. The van der Waals surface area contributed by atoms with Crippen LogP contribution in [0.25, 0.3) is 0 Å². The van der Waals surface area contributed by atoms with Gasteiger partial charge in [0.15, 0.2) is 0 Å². The van der Waals surface area contributed by atoms with E-state index in [9.17, 15) is 9.90 Å². The molecule has 108 valence electrons. The van der Waals surface area contributed by atoms with Gasteiger partial charge in [0.05, 0.1) is 6.10 Å². The predicted octanol–water partition coefficient (Wildman–Crippen LogP) is 3.25. The molecule has 4 heteroatoms. The quantitative estimate of drug-likeness (QED) is 0.711. The maximum Gasteiger partial charge on any atom is 0.407 e. The van der Waals surface area contributed by atoms with Crippen LogP contribution in [0, 0.1) is 0 Å². The standard InChI is InChI=1S/C10H17NO3.2C2H6/c1-11-10(13)14-9-5-3-2-4-8(12)6-7-9;2*1-2/h3,5,8-9,12H,2,4,6-7H2,1H3,(H,11,13);2*1-2H3/b5-3+;;. The zero-order valence-corrected chi connectivity index (χ0v) is 12.4. The molecule has 0 fully saturated rings. The molecule has 0 spiro atoms. The van der Waals surface area contributed by atoms with Crippen LogP contribution in [0.1, 0.15) is 53.4 Å². The fourth-order valence-electron chi connectivity index (χ4n) is 1.43. The SMILES string of the molecule is CC.CC.CNC(=O)OC1/C=C/CCC(O)CC1. The number of amides is 1. The number of allylic oxidation sites excluding steroid dienone is 1. The summed E-state index contributed by atoms with van der Waals surface area (Å²) in [5.74, 6) is 0. The first-order chi connectivity index (χ1) is 8.72. The van der Waals surface area contributed by atoms with E-state index >= 15 is 0 Å². The molecular formula is C14H29NO3. The number of hydrogen-bond acceptors (Lipinski definition) is 3. The molecule has 0 aromatic heterocycles. The Kier molecular flexibility index (Phi) is 15.1. The molecule has 4 nitrogen and oxygen atoms in total. The van der Waals surface area contributed by atoms with Gasteiger partial charge in [-0.15, -0.1) is 0 Å². The van der Waals surface area contributed by atoms with E-state index in [2.05, 4.69) is 5.32 Å². The molecule has 1 aliphatic rings. The molecule has 18 heavy (non-hydrogen) atoms. The predicted molar refractivity (Wildman–Crippen MR) is 75.6 cm³/mol. The van der Waals surface area contributed by atoms with Gasteiger partial charge in [-0.2, -0.15) is 0 Å². The van der Waals surface area contributed by atoms with Crippen molar-refractivity contribution in [1.29, 1.82) is 0 Å². The Morgan fingerprint density at radius 1 is 1.22 bits per heavy atom. The Morgan fingerprint density at radius 2 is 1.83 bits per heavy atom. The van der Waals surface area contributed by atoms with Crippen molar-refractivity contribution in [2.24, 2.45) is 0 Å². The van der Waals surface area contributed by atoms with Crippen LogP contribution in [0.3, 0.4) is 0 Å². The third kappa shape index (κ3) is 10.1. The Hall–Kier alpha value is -1.03. The second kappa shape index (κ2) is 14.0. The molecule has 0 heterocycles. The number of carbonyl (C=O) groups excluding carboxylic acids is 1. The summed E-state index contributed by atoms with van der Waals surface area (Å²) in [4.78, 5) is 10.9. The fourth-order valence-corrected chi connectivity index (χ4v) is 1.43. The first-order valence-electron chi connectivity index (χ1n) is 6.95. The minimum atomic E-state index is -0.422. The van der Waals surface area contributed by atoms with E-state index in [4.69, 9.17) is 4.74 Å². The first kappa shape index (κ1) is 19.3. The number of hydrogen-bond donors (Lipinski definition) is 2. The second-order valence-corrected chi connectivity index (χ2v) is 3.43. The summed E-state index contributed by atoms with van der Waals surface area (Å²) in [5.41, 5.74) is 0. The molecule has 1 rings (SSSR count). The molecule has 0 bridgehead atoms. The highest BCUT2D eigenvalue weighted by Crippen LogP contribution is 2.14. The van der Waals surface area contributed by atoms with Gasteiger partial charge in [-0.25, -0.2) is 4.79 Å². The lowest BCUT2D eigenvalue weighted by atomic mass is 10.0. The van der Waals surface area contributed by atoms with E-state index in [1.165, 1.54) is 7.05 Å². The normalized spacial score (nSPS) is 23.9. The molecule has 1 amide bonds. The number of aliphatic hydroxyl groups excluding tert-OH is 1. The molecule has 0 saturated carbocycles.